The summed E-state index contributed by atoms with van der Waals surface area (Å²) in [6.07, 6.45) is 1.92. The van der Waals surface area contributed by atoms with Crippen molar-refractivity contribution in [1.82, 2.24) is 29.5 Å². The van der Waals surface area contributed by atoms with Crippen molar-refractivity contribution in [2.45, 2.75) is 65.6 Å². The van der Waals surface area contributed by atoms with Crippen LogP contribution in [0.15, 0.2) is 6.07 Å². The van der Waals surface area contributed by atoms with Crippen LogP contribution in [0, 0.1) is 13.8 Å². The summed E-state index contributed by atoms with van der Waals surface area (Å²) in [4.78, 5) is 15.1. The predicted octanol–water partition coefficient (Wildman–Crippen LogP) is 2.40. The van der Waals surface area contributed by atoms with Gasteiger partial charge in [-0.15, -0.1) is 10.2 Å². The number of nitrogens with one attached hydrogen (secondary N) is 1. The summed E-state index contributed by atoms with van der Waals surface area (Å²) in [5, 5.41) is 12.1. The molecule has 2 aromatic heterocycles. The zero-order valence-corrected chi connectivity index (χ0v) is 16.8. The van der Waals surface area contributed by atoms with Gasteiger partial charge in [0.25, 0.3) is 5.91 Å². The van der Waals surface area contributed by atoms with Crippen LogP contribution in [-0.2, 0) is 13.1 Å². The second-order valence-electron chi connectivity index (χ2n) is 8.12. The monoisotopic (exact) mass is 370 g/mol. The van der Waals surface area contributed by atoms with Gasteiger partial charge < -0.3 is 19.4 Å². The summed E-state index contributed by atoms with van der Waals surface area (Å²) in [6.45, 7) is 12.8. The van der Waals surface area contributed by atoms with Crippen LogP contribution in [-0.4, -0.2) is 49.8 Å². The van der Waals surface area contributed by atoms with Crippen molar-refractivity contribution in [3.05, 3.63) is 34.7 Å². The van der Waals surface area contributed by atoms with Gasteiger partial charge in [0.2, 0.25) is 0 Å². The second kappa shape index (κ2) is 7.11. The Morgan fingerprint density at radius 3 is 2.59 bits per heavy atom. The number of rotatable bonds is 3. The first-order valence-electron chi connectivity index (χ1n) is 10.1. The quantitative estimate of drug-likeness (QED) is 0.901. The first-order chi connectivity index (χ1) is 13.0. The molecule has 7 heteroatoms. The zero-order valence-electron chi connectivity index (χ0n) is 16.8. The highest BCUT2D eigenvalue weighted by atomic mass is 16.2. The minimum atomic E-state index is 0.168. The lowest BCUT2D eigenvalue weighted by atomic mass is 9.95. The molecule has 1 N–H and O–H groups in total. The Balaban J connectivity index is 1.46. The maximum Gasteiger partial charge on any atom is 0.255 e. The fourth-order valence-electron chi connectivity index (χ4n) is 4.72. The summed E-state index contributed by atoms with van der Waals surface area (Å²) < 4.78 is 4.52. The third-order valence-corrected chi connectivity index (χ3v) is 6.03. The summed E-state index contributed by atoms with van der Waals surface area (Å²) in [5.74, 6) is 2.71. The van der Waals surface area contributed by atoms with Crippen LogP contribution in [0.2, 0.25) is 0 Å². The van der Waals surface area contributed by atoms with E-state index in [0.29, 0.717) is 12.0 Å². The summed E-state index contributed by atoms with van der Waals surface area (Å²) in [5.41, 5.74) is 3.09. The standard InChI is InChI=1S/C20H30N6O/c1-13(2)26-14(3)11-17(15(26)4)20(27)24-8-5-16(6-9-24)19-23-22-18-12-21-7-10-25(18)19/h11,13,16,21H,5-10,12H2,1-4H3. The van der Waals surface area contributed by atoms with E-state index in [2.05, 4.69) is 52.3 Å². The molecule has 0 spiro atoms. The number of piperidine rings is 1. The van der Waals surface area contributed by atoms with Gasteiger partial charge in [-0.2, -0.15) is 0 Å². The second-order valence-corrected chi connectivity index (χ2v) is 8.12. The van der Waals surface area contributed by atoms with Crippen LogP contribution in [0.5, 0.6) is 0 Å². The van der Waals surface area contributed by atoms with Crippen LogP contribution >= 0.6 is 0 Å². The normalized spacial score (nSPS) is 18.2. The highest BCUT2D eigenvalue weighted by Gasteiger charge is 2.30. The average Bonchev–Trinajstić information content (AvgIpc) is 3.22. The van der Waals surface area contributed by atoms with E-state index in [1.807, 2.05) is 11.0 Å². The minimum Gasteiger partial charge on any atom is -0.346 e. The number of carbonyl (C=O) groups is 1. The molecule has 1 amide bonds. The number of aryl methyl sites for hydroxylation is 1. The van der Waals surface area contributed by atoms with E-state index in [-0.39, 0.29) is 5.91 Å². The van der Waals surface area contributed by atoms with Crippen molar-refractivity contribution < 1.29 is 4.79 Å². The predicted molar refractivity (Wildman–Crippen MR) is 104 cm³/mol. The van der Waals surface area contributed by atoms with Crippen molar-refractivity contribution >= 4 is 5.91 Å². The first kappa shape index (κ1) is 18.2. The topological polar surface area (TPSA) is 68.0 Å². The maximum absolute atomic E-state index is 13.1. The molecule has 27 heavy (non-hydrogen) atoms. The number of carbonyl (C=O) groups excluding carboxylic acids is 1. The molecule has 1 saturated heterocycles. The molecule has 7 nitrogen and oxygen atoms in total. The summed E-state index contributed by atoms with van der Waals surface area (Å²) >= 11 is 0. The number of likely N-dealkylation sites (tertiary alicyclic amines) is 1. The van der Waals surface area contributed by atoms with Crippen molar-refractivity contribution in [2.24, 2.45) is 0 Å². The number of fused-ring (bicyclic) bond motifs is 1. The summed E-state index contributed by atoms with van der Waals surface area (Å²) in [7, 11) is 0. The zero-order chi connectivity index (χ0) is 19.1. The molecule has 2 aromatic rings. The minimum absolute atomic E-state index is 0.168. The molecule has 146 valence electrons. The molecule has 4 heterocycles. The molecule has 0 bridgehead atoms. The van der Waals surface area contributed by atoms with Crippen molar-refractivity contribution in [3.63, 3.8) is 0 Å². The molecule has 2 aliphatic heterocycles. The van der Waals surface area contributed by atoms with Crippen molar-refractivity contribution in [3.8, 4) is 0 Å². The highest BCUT2D eigenvalue weighted by molar-refractivity contribution is 5.95. The molecule has 1 fully saturated rings. The molecule has 0 unspecified atom stereocenters. The Bertz CT molecular complexity index is 841. The average molecular weight is 371 g/mol. The Morgan fingerprint density at radius 2 is 1.93 bits per heavy atom. The van der Waals surface area contributed by atoms with E-state index in [0.717, 1.165) is 74.2 Å². The molecule has 0 aliphatic carbocycles. The van der Waals surface area contributed by atoms with Gasteiger partial charge in [-0.1, -0.05) is 0 Å². The van der Waals surface area contributed by atoms with E-state index < -0.39 is 0 Å². The van der Waals surface area contributed by atoms with Crippen LogP contribution in [0.4, 0.5) is 0 Å². The van der Waals surface area contributed by atoms with Crippen LogP contribution in [0.3, 0.4) is 0 Å². The van der Waals surface area contributed by atoms with Crippen LogP contribution < -0.4 is 5.32 Å². The lowest BCUT2D eigenvalue weighted by Crippen LogP contribution is -2.39. The van der Waals surface area contributed by atoms with Crippen LogP contribution in [0.25, 0.3) is 0 Å². The van der Waals surface area contributed by atoms with Gasteiger partial charge in [-0.3, -0.25) is 4.79 Å². The summed E-state index contributed by atoms with van der Waals surface area (Å²) in [6, 6.07) is 2.41. The van der Waals surface area contributed by atoms with Gasteiger partial charge >= 0.3 is 0 Å². The Morgan fingerprint density at radius 1 is 1.19 bits per heavy atom. The highest BCUT2D eigenvalue weighted by Crippen LogP contribution is 2.29. The largest absolute Gasteiger partial charge is 0.346 e. The third kappa shape index (κ3) is 3.18. The third-order valence-electron chi connectivity index (χ3n) is 6.03. The van der Waals surface area contributed by atoms with Gasteiger partial charge in [-0.25, -0.2) is 0 Å². The van der Waals surface area contributed by atoms with E-state index in [4.69, 9.17) is 0 Å². The molecule has 2 aliphatic rings. The number of hydrogen-bond acceptors (Lipinski definition) is 4. The fourth-order valence-corrected chi connectivity index (χ4v) is 4.72. The lowest BCUT2D eigenvalue weighted by molar-refractivity contribution is 0.0709. The van der Waals surface area contributed by atoms with Gasteiger partial charge in [0.15, 0.2) is 0 Å². The molecule has 0 atom stereocenters. The SMILES string of the molecule is Cc1cc(C(=O)N2CCC(c3nnc4n3CCNC4)CC2)c(C)n1C(C)C. The van der Waals surface area contributed by atoms with Gasteiger partial charge in [-0.05, 0) is 46.6 Å². The van der Waals surface area contributed by atoms with E-state index in [1.165, 1.54) is 0 Å². The van der Waals surface area contributed by atoms with Crippen LogP contribution in [0.1, 0.15) is 72.0 Å². The number of nitrogens with zero attached hydrogens (tertiary/aromatic N) is 5. The fraction of sp³-hybridized carbons (Fsp3) is 0.650. The Hall–Kier alpha value is -2.15. The number of aromatic nitrogens is 4. The molecular formula is C20H30N6O. The Kier molecular flexibility index (Phi) is 4.80. The van der Waals surface area contributed by atoms with Gasteiger partial charge in [0, 0.05) is 49.5 Å². The van der Waals surface area contributed by atoms with Gasteiger partial charge in [0.1, 0.15) is 11.6 Å². The van der Waals surface area contributed by atoms with E-state index >= 15 is 0 Å². The molecule has 0 aromatic carbocycles. The molecule has 4 rings (SSSR count). The van der Waals surface area contributed by atoms with Crippen molar-refractivity contribution in [2.75, 3.05) is 19.6 Å². The number of hydrogen-bond donors (Lipinski definition) is 1. The first-order valence-corrected chi connectivity index (χ1v) is 10.1. The van der Waals surface area contributed by atoms with Gasteiger partial charge in [0.05, 0.1) is 12.1 Å². The van der Waals surface area contributed by atoms with Crippen molar-refractivity contribution in [1.29, 1.82) is 0 Å². The maximum atomic E-state index is 13.1. The molecule has 0 radical (unpaired) electrons. The lowest BCUT2D eigenvalue weighted by Gasteiger charge is -2.32. The Labute approximate surface area is 160 Å². The molecule has 0 saturated carbocycles. The molecular weight excluding hydrogens is 340 g/mol. The van der Waals surface area contributed by atoms with E-state index in [1.54, 1.807) is 0 Å². The smallest absolute Gasteiger partial charge is 0.255 e. The van der Waals surface area contributed by atoms with E-state index in [9.17, 15) is 4.79 Å². The number of amides is 1.